The Hall–Kier alpha value is -0.770. The van der Waals surface area contributed by atoms with Gasteiger partial charge >= 0.3 is 0 Å². The first-order valence-corrected chi connectivity index (χ1v) is 6.52. The third-order valence-electron chi connectivity index (χ3n) is 3.14. The SMILES string of the molecule is CC1(C)SC(=O)N(CC2CC=CCC2)C1=O. The summed E-state index contributed by atoms with van der Waals surface area (Å²) in [4.78, 5) is 25.1. The Labute approximate surface area is 100 Å². The number of imide groups is 1. The highest BCUT2D eigenvalue weighted by molar-refractivity contribution is 8.16. The number of amides is 2. The lowest BCUT2D eigenvalue weighted by Gasteiger charge is -2.23. The van der Waals surface area contributed by atoms with Crippen LogP contribution in [0, 0.1) is 5.92 Å². The van der Waals surface area contributed by atoms with Crippen molar-refractivity contribution in [2.24, 2.45) is 5.92 Å². The number of carbonyl (C=O) groups is 2. The lowest BCUT2D eigenvalue weighted by atomic mass is 9.94. The lowest BCUT2D eigenvalue weighted by molar-refractivity contribution is -0.129. The molecule has 2 aliphatic rings. The topological polar surface area (TPSA) is 37.4 Å². The molecule has 3 nitrogen and oxygen atoms in total. The molecule has 0 N–H and O–H groups in total. The molecule has 0 aromatic heterocycles. The van der Waals surface area contributed by atoms with E-state index in [2.05, 4.69) is 12.2 Å². The number of hydrogen-bond donors (Lipinski definition) is 0. The molecule has 4 heteroatoms. The summed E-state index contributed by atoms with van der Waals surface area (Å²) in [6.45, 7) is 4.23. The Morgan fingerprint density at radius 2 is 2.19 bits per heavy atom. The number of nitrogens with zero attached hydrogens (tertiary/aromatic N) is 1. The minimum Gasteiger partial charge on any atom is -0.273 e. The molecule has 1 aliphatic heterocycles. The molecule has 1 heterocycles. The zero-order valence-electron chi connectivity index (χ0n) is 9.73. The van der Waals surface area contributed by atoms with Crippen LogP contribution in [0.3, 0.4) is 0 Å². The molecule has 2 amide bonds. The summed E-state index contributed by atoms with van der Waals surface area (Å²) >= 11 is 1.15. The zero-order valence-corrected chi connectivity index (χ0v) is 10.5. The van der Waals surface area contributed by atoms with Crippen molar-refractivity contribution in [3.8, 4) is 0 Å². The Morgan fingerprint density at radius 1 is 1.44 bits per heavy atom. The van der Waals surface area contributed by atoms with Crippen molar-refractivity contribution in [1.82, 2.24) is 4.90 Å². The highest BCUT2D eigenvalue weighted by atomic mass is 32.2. The van der Waals surface area contributed by atoms with Crippen LogP contribution in [0.2, 0.25) is 0 Å². The Balaban J connectivity index is 2.02. The van der Waals surface area contributed by atoms with Crippen LogP contribution in [-0.4, -0.2) is 27.3 Å². The minimum atomic E-state index is -0.568. The number of allylic oxidation sites excluding steroid dienone is 2. The van der Waals surface area contributed by atoms with Gasteiger partial charge in [-0.25, -0.2) is 0 Å². The third-order valence-corrected chi connectivity index (χ3v) is 4.22. The van der Waals surface area contributed by atoms with Gasteiger partial charge in [0.2, 0.25) is 5.91 Å². The number of rotatable bonds is 2. The van der Waals surface area contributed by atoms with Crippen LogP contribution >= 0.6 is 11.8 Å². The first-order valence-electron chi connectivity index (χ1n) is 5.70. The Kier molecular flexibility index (Phi) is 3.10. The maximum Gasteiger partial charge on any atom is 0.289 e. The average molecular weight is 239 g/mol. The van der Waals surface area contributed by atoms with Crippen LogP contribution in [0.25, 0.3) is 0 Å². The minimum absolute atomic E-state index is 0.0305. The molecular formula is C12H17NO2S. The molecule has 1 fully saturated rings. The fourth-order valence-corrected chi connectivity index (χ4v) is 3.06. The van der Waals surface area contributed by atoms with Gasteiger partial charge in [0.1, 0.15) is 0 Å². The van der Waals surface area contributed by atoms with Crippen molar-refractivity contribution in [3.05, 3.63) is 12.2 Å². The second-order valence-electron chi connectivity index (χ2n) is 4.94. The van der Waals surface area contributed by atoms with Gasteiger partial charge in [0, 0.05) is 6.54 Å². The first-order chi connectivity index (χ1) is 7.50. The smallest absolute Gasteiger partial charge is 0.273 e. The summed E-state index contributed by atoms with van der Waals surface area (Å²) in [5, 5.41) is -0.0791. The molecule has 1 unspecified atom stereocenters. The molecular weight excluding hydrogens is 222 g/mol. The Bertz CT molecular complexity index is 349. The largest absolute Gasteiger partial charge is 0.289 e. The van der Waals surface area contributed by atoms with Crippen LogP contribution in [0.5, 0.6) is 0 Å². The number of hydrogen-bond acceptors (Lipinski definition) is 3. The standard InChI is InChI=1S/C12H17NO2S/c1-12(2)10(14)13(11(15)16-12)8-9-6-4-3-5-7-9/h3-4,9H,5-8H2,1-2H3. The van der Waals surface area contributed by atoms with E-state index in [9.17, 15) is 9.59 Å². The lowest BCUT2D eigenvalue weighted by Crippen LogP contribution is -2.38. The van der Waals surface area contributed by atoms with Gasteiger partial charge in [-0.2, -0.15) is 0 Å². The van der Waals surface area contributed by atoms with Crippen LogP contribution in [0.1, 0.15) is 33.1 Å². The molecule has 16 heavy (non-hydrogen) atoms. The van der Waals surface area contributed by atoms with Gasteiger partial charge in [-0.05, 0) is 50.8 Å². The molecule has 0 bridgehead atoms. The van der Waals surface area contributed by atoms with Crippen LogP contribution < -0.4 is 0 Å². The molecule has 2 rings (SSSR count). The van der Waals surface area contributed by atoms with Gasteiger partial charge in [0.15, 0.2) is 0 Å². The number of thioether (sulfide) groups is 1. The second kappa shape index (κ2) is 4.24. The molecule has 1 saturated heterocycles. The van der Waals surface area contributed by atoms with E-state index >= 15 is 0 Å². The van der Waals surface area contributed by atoms with Crippen molar-refractivity contribution in [2.75, 3.05) is 6.54 Å². The maximum absolute atomic E-state index is 12.0. The van der Waals surface area contributed by atoms with Crippen LogP contribution in [0.15, 0.2) is 12.2 Å². The summed E-state index contributed by atoms with van der Waals surface area (Å²) in [5.41, 5.74) is 0. The van der Waals surface area contributed by atoms with E-state index < -0.39 is 4.75 Å². The normalized spacial score (nSPS) is 28.9. The second-order valence-corrected chi connectivity index (χ2v) is 6.52. The fourth-order valence-electron chi connectivity index (χ4n) is 2.16. The first kappa shape index (κ1) is 11.7. The van der Waals surface area contributed by atoms with Gasteiger partial charge in [0.05, 0.1) is 4.75 Å². The highest BCUT2D eigenvalue weighted by Crippen LogP contribution is 2.37. The van der Waals surface area contributed by atoms with Crippen LogP contribution in [-0.2, 0) is 4.79 Å². The maximum atomic E-state index is 12.0. The van der Waals surface area contributed by atoms with E-state index in [1.54, 1.807) is 0 Å². The molecule has 88 valence electrons. The van der Waals surface area contributed by atoms with Crippen LogP contribution in [0.4, 0.5) is 4.79 Å². The zero-order chi connectivity index (χ0) is 11.8. The summed E-state index contributed by atoms with van der Waals surface area (Å²) in [5.74, 6) is 0.421. The third kappa shape index (κ3) is 2.17. The molecule has 0 aromatic carbocycles. The Morgan fingerprint density at radius 3 is 2.69 bits per heavy atom. The van der Waals surface area contributed by atoms with Crippen molar-refractivity contribution in [2.45, 2.75) is 37.9 Å². The molecule has 0 saturated carbocycles. The predicted molar refractivity (Wildman–Crippen MR) is 65.3 cm³/mol. The van der Waals surface area contributed by atoms with Gasteiger partial charge < -0.3 is 0 Å². The summed E-state index contributed by atoms with van der Waals surface area (Å²) in [6.07, 6.45) is 7.46. The predicted octanol–water partition coefficient (Wildman–Crippen LogP) is 2.82. The summed E-state index contributed by atoms with van der Waals surface area (Å²) in [7, 11) is 0. The van der Waals surface area contributed by atoms with E-state index in [1.165, 1.54) is 4.90 Å². The summed E-state index contributed by atoms with van der Waals surface area (Å²) < 4.78 is -0.568. The quantitative estimate of drug-likeness (QED) is 0.695. The van der Waals surface area contributed by atoms with Crippen molar-refractivity contribution < 1.29 is 9.59 Å². The van der Waals surface area contributed by atoms with E-state index in [1.807, 2.05) is 13.8 Å². The van der Waals surface area contributed by atoms with Gasteiger partial charge in [-0.3, -0.25) is 14.5 Å². The van der Waals surface area contributed by atoms with Crippen molar-refractivity contribution in [3.63, 3.8) is 0 Å². The van der Waals surface area contributed by atoms with E-state index in [0.29, 0.717) is 12.5 Å². The van der Waals surface area contributed by atoms with E-state index in [0.717, 1.165) is 31.0 Å². The molecule has 0 spiro atoms. The molecule has 1 aliphatic carbocycles. The van der Waals surface area contributed by atoms with Gasteiger partial charge in [-0.15, -0.1) is 0 Å². The van der Waals surface area contributed by atoms with Gasteiger partial charge in [-0.1, -0.05) is 12.2 Å². The molecule has 1 atom stereocenters. The van der Waals surface area contributed by atoms with Crippen molar-refractivity contribution >= 4 is 22.9 Å². The number of carbonyl (C=O) groups excluding carboxylic acids is 2. The van der Waals surface area contributed by atoms with E-state index in [-0.39, 0.29) is 11.1 Å². The molecule has 0 aromatic rings. The molecule has 0 radical (unpaired) electrons. The average Bonchev–Trinajstić information content (AvgIpc) is 2.42. The summed E-state index contributed by atoms with van der Waals surface area (Å²) in [6, 6.07) is 0. The highest BCUT2D eigenvalue weighted by Gasteiger charge is 2.46. The van der Waals surface area contributed by atoms with E-state index in [4.69, 9.17) is 0 Å². The van der Waals surface area contributed by atoms with Gasteiger partial charge in [0.25, 0.3) is 5.24 Å². The fraction of sp³-hybridized carbons (Fsp3) is 0.667. The van der Waals surface area contributed by atoms with Crippen molar-refractivity contribution in [1.29, 1.82) is 0 Å². The monoisotopic (exact) mass is 239 g/mol.